The number of methoxy groups -OCH3 is 1. The Morgan fingerprint density at radius 3 is 3.00 bits per heavy atom. The Morgan fingerprint density at radius 2 is 2.25 bits per heavy atom. The highest BCUT2D eigenvalue weighted by Gasteiger charge is 2.24. The molecule has 0 aliphatic carbocycles. The normalized spacial score (nSPS) is 25.4. The molecule has 1 aromatic rings. The molecule has 0 spiro atoms. The summed E-state index contributed by atoms with van der Waals surface area (Å²) in [7, 11) is 1.72. The highest BCUT2D eigenvalue weighted by molar-refractivity contribution is 9.09. The largest absolute Gasteiger partial charge is 0.496 e. The van der Waals surface area contributed by atoms with Gasteiger partial charge in [0.2, 0.25) is 0 Å². The molecule has 2 atom stereocenters. The third kappa shape index (κ3) is 2.77. The first-order valence-corrected chi connectivity index (χ1v) is 6.56. The fourth-order valence-corrected chi connectivity index (χ4v) is 2.64. The van der Waals surface area contributed by atoms with Crippen molar-refractivity contribution in [2.45, 2.75) is 17.7 Å². The van der Waals surface area contributed by atoms with Crippen molar-refractivity contribution in [1.82, 2.24) is 0 Å². The second-order valence-corrected chi connectivity index (χ2v) is 5.33. The molecule has 2 rings (SSSR count). The summed E-state index contributed by atoms with van der Waals surface area (Å²) in [5.74, 6) is 1.53. The summed E-state index contributed by atoms with van der Waals surface area (Å²) < 4.78 is 10.9. The second kappa shape index (κ2) is 5.69. The van der Waals surface area contributed by atoms with Crippen LogP contribution in [0.15, 0.2) is 24.3 Å². The van der Waals surface area contributed by atoms with Crippen molar-refractivity contribution in [2.75, 3.05) is 20.3 Å². The lowest BCUT2D eigenvalue weighted by molar-refractivity contribution is 0.0603. The van der Waals surface area contributed by atoms with Crippen molar-refractivity contribution in [3.63, 3.8) is 0 Å². The van der Waals surface area contributed by atoms with Crippen molar-refractivity contribution < 1.29 is 9.47 Å². The molecule has 3 heteroatoms. The number of ether oxygens (including phenoxy) is 2. The van der Waals surface area contributed by atoms with Gasteiger partial charge in [0.05, 0.1) is 13.7 Å². The summed E-state index contributed by atoms with van der Waals surface area (Å²) in [6.45, 7) is 1.71. The number of para-hydroxylation sites is 1. The molecule has 1 saturated heterocycles. The first-order chi connectivity index (χ1) is 7.81. The zero-order chi connectivity index (χ0) is 11.4. The highest BCUT2D eigenvalue weighted by Crippen LogP contribution is 2.28. The molecule has 0 radical (unpaired) electrons. The molecule has 1 aliphatic rings. The molecule has 0 bridgehead atoms. The van der Waals surface area contributed by atoms with E-state index in [9.17, 15) is 0 Å². The van der Waals surface area contributed by atoms with Crippen molar-refractivity contribution in [3.8, 4) is 5.75 Å². The zero-order valence-electron chi connectivity index (χ0n) is 9.49. The maximum Gasteiger partial charge on any atom is 0.122 e. The van der Waals surface area contributed by atoms with Gasteiger partial charge in [0, 0.05) is 11.4 Å². The minimum absolute atomic E-state index is 0.546. The number of rotatable bonds is 3. The number of hydrogen-bond donors (Lipinski definition) is 0. The minimum Gasteiger partial charge on any atom is -0.496 e. The quantitative estimate of drug-likeness (QED) is 0.795. The van der Waals surface area contributed by atoms with Gasteiger partial charge < -0.3 is 9.47 Å². The number of alkyl halides is 1. The smallest absolute Gasteiger partial charge is 0.122 e. The molecule has 88 valence electrons. The van der Waals surface area contributed by atoms with E-state index in [1.165, 1.54) is 5.56 Å². The van der Waals surface area contributed by atoms with E-state index >= 15 is 0 Å². The fourth-order valence-electron chi connectivity index (χ4n) is 2.11. The summed E-state index contributed by atoms with van der Waals surface area (Å²) in [5.41, 5.74) is 1.27. The molecule has 1 aliphatic heterocycles. The van der Waals surface area contributed by atoms with Crippen molar-refractivity contribution in [1.29, 1.82) is 0 Å². The van der Waals surface area contributed by atoms with E-state index in [0.29, 0.717) is 10.7 Å². The molecule has 0 saturated carbocycles. The predicted molar refractivity (Wildman–Crippen MR) is 68.3 cm³/mol. The van der Waals surface area contributed by atoms with Crippen LogP contribution in [0.2, 0.25) is 0 Å². The molecule has 1 heterocycles. The van der Waals surface area contributed by atoms with Crippen LogP contribution >= 0.6 is 15.9 Å². The Kier molecular flexibility index (Phi) is 4.24. The third-order valence-electron chi connectivity index (χ3n) is 3.06. The summed E-state index contributed by atoms with van der Waals surface area (Å²) in [4.78, 5) is 0.561. The summed E-state index contributed by atoms with van der Waals surface area (Å²) in [6, 6.07) is 8.21. The van der Waals surface area contributed by atoms with Gasteiger partial charge >= 0.3 is 0 Å². The summed E-state index contributed by atoms with van der Waals surface area (Å²) in [5, 5.41) is 0. The van der Waals surface area contributed by atoms with Crippen LogP contribution in [-0.2, 0) is 11.2 Å². The maximum absolute atomic E-state index is 5.53. The Bertz CT molecular complexity index is 340. The van der Waals surface area contributed by atoms with Gasteiger partial charge in [-0.05, 0) is 30.4 Å². The molecule has 0 amide bonds. The third-order valence-corrected chi connectivity index (χ3v) is 4.26. The highest BCUT2D eigenvalue weighted by atomic mass is 79.9. The molecule has 1 fully saturated rings. The predicted octanol–water partition coefficient (Wildman–Crippen LogP) is 3.04. The van der Waals surface area contributed by atoms with Gasteiger partial charge in [0.1, 0.15) is 5.75 Å². The number of halogens is 1. The lowest BCUT2D eigenvalue weighted by Crippen LogP contribution is -2.29. The number of hydrogen-bond acceptors (Lipinski definition) is 2. The fraction of sp³-hybridized carbons (Fsp3) is 0.538. The average molecular weight is 285 g/mol. The zero-order valence-corrected chi connectivity index (χ0v) is 11.1. The molecular formula is C13H17BrO2. The lowest BCUT2D eigenvalue weighted by atomic mass is 9.93. The standard InChI is InChI=1S/C13H17BrO2/c1-15-13-5-3-2-4-10(13)8-11-9-16-7-6-12(11)14/h2-5,11-12H,6-9H2,1H3. The Balaban J connectivity index is 2.07. The molecule has 0 N–H and O–H groups in total. The molecule has 2 unspecified atom stereocenters. The van der Waals surface area contributed by atoms with Crippen LogP contribution in [0.4, 0.5) is 0 Å². The van der Waals surface area contributed by atoms with Gasteiger partial charge in [0.15, 0.2) is 0 Å². The molecule has 0 aromatic heterocycles. The van der Waals surface area contributed by atoms with Crippen molar-refractivity contribution in [3.05, 3.63) is 29.8 Å². The molecule has 2 nitrogen and oxygen atoms in total. The van der Waals surface area contributed by atoms with Gasteiger partial charge in [0.25, 0.3) is 0 Å². The maximum atomic E-state index is 5.53. The van der Waals surface area contributed by atoms with Crippen LogP contribution in [0.1, 0.15) is 12.0 Å². The SMILES string of the molecule is COc1ccccc1CC1COCCC1Br. The first kappa shape index (κ1) is 11.9. The van der Waals surface area contributed by atoms with E-state index < -0.39 is 0 Å². The molecule has 16 heavy (non-hydrogen) atoms. The summed E-state index contributed by atoms with van der Waals surface area (Å²) >= 11 is 3.74. The van der Waals surface area contributed by atoms with Gasteiger partial charge in [-0.1, -0.05) is 34.1 Å². The number of benzene rings is 1. The first-order valence-electron chi connectivity index (χ1n) is 5.65. The van der Waals surface area contributed by atoms with Crippen LogP contribution < -0.4 is 4.74 Å². The molecule has 1 aromatic carbocycles. The van der Waals surface area contributed by atoms with Crippen LogP contribution in [-0.4, -0.2) is 25.2 Å². The average Bonchev–Trinajstić information content (AvgIpc) is 2.33. The second-order valence-electron chi connectivity index (χ2n) is 4.16. The van der Waals surface area contributed by atoms with Gasteiger partial charge in [-0.15, -0.1) is 0 Å². The van der Waals surface area contributed by atoms with Gasteiger partial charge in [-0.3, -0.25) is 0 Å². The van der Waals surface area contributed by atoms with Crippen LogP contribution in [0.5, 0.6) is 5.75 Å². The van der Waals surface area contributed by atoms with E-state index in [2.05, 4.69) is 28.1 Å². The van der Waals surface area contributed by atoms with Gasteiger partial charge in [-0.25, -0.2) is 0 Å². The van der Waals surface area contributed by atoms with E-state index in [0.717, 1.165) is 31.8 Å². The van der Waals surface area contributed by atoms with Crippen molar-refractivity contribution >= 4 is 15.9 Å². The minimum atomic E-state index is 0.546. The summed E-state index contributed by atoms with van der Waals surface area (Å²) in [6.07, 6.45) is 2.11. The lowest BCUT2D eigenvalue weighted by Gasteiger charge is -2.27. The Morgan fingerprint density at radius 1 is 1.44 bits per heavy atom. The van der Waals surface area contributed by atoms with Crippen LogP contribution in [0.3, 0.4) is 0 Å². The monoisotopic (exact) mass is 284 g/mol. The van der Waals surface area contributed by atoms with E-state index in [1.54, 1.807) is 7.11 Å². The van der Waals surface area contributed by atoms with Crippen LogP contribution in [0, 0.1) is 5.92 Å². The Labute approximate surface area is 105 Å². The Hall–Kier alpha value is -0.540. The molecular weight excluding hydrogens is 268 g/mol. The van der Waals surface area contributed by atoms with E-state index in [1.807, 2.05) is 12.1 Å². The van der Waals surface area contributed by atoms with Gasteiger partial charge in [-0.2, -0.15) is 0 Å². The van der Waals surface area contributed by atoms with Crippen molar-refractivity contribution in [2.24, 2.45) is 5.92 Å². The van der Waals surface area contributed by atoms with E-state index in [-0.39, 0.29) is 0 Å². The topological polar surface area (TPSA) is 18.5 Å². The van der Waals surface area contributed by atoms with Crippen LogP contribution in [0.25, 0.3) is 0 Å². The van der Waals surface area contributed by atoms with E-state index in [4.69, 9.17) is 9.47 Å².